The first-order valence-electron chi connectivity index (χ1n) is 8.49. The highest BCUT2D eigenvalue weighted by atomic mass is 32.2. The molecule has 0 radical (unpaired) electrons. The van der Waals surface area contributed by atoms with Gasteiger partial charge in [0.05, 0.1) is 13.2 Å². The summed E-state index contributed by atoms with van der Waals surface area (Å²) in [6, 6.07) is 7.62. The van der Waals surface area contributed by atoms with Crippen molar-refractivity contribution in [1.82, 2.24) is 0 Å². The Kier molecular flexibility index (Phi) is 4.35. The first-order valence-corrected chi connectivity index (χ1v) is 9.77. The lowest BCUT2D eigenvalue weighted by Crippen LogP contribution is -2.41. The van der Waals surface area contributed by atoms with Gasteiger partial charge in [-0.05, 0) is 31.7 Å². The van der Waals surface area contributed by atoms with Gasteiger partial charge < -0.3 is 9.47 Å². The molecule has 0 N–H and O–H groups in total. The van der Waals surface area contributed by atoms with Gasteiger partial charge in [0.2, 0.25) is 0 Å². The fourth-order valence-electron chi connectivity index (χ4n) is 4.07. The summed E-state index contributed by atoms with van der Waals surface area (Å²) in [7, 11) is -0.728. The Balaban J connectivity index is 1.52. The Morgan fingerprint density at radius 3 is 2.48 bits per heavy atom. The second-order valence-electron chi connectivity index (χ2n) is 6.74. The normalized spacial score (nSPS) is 34.4. The van der Waals surface area contributed by atoms with E-state index in [1.54, 1.807) is 0 Å². The second-order valence-corrected chi connectivity index (χ2v) is 8.73. The highest BCUT2D eigenvalue weighted by Crippen LogP contribution is 2.38. The molecule has 2 unspecified atom stereocenters. The Labute approximate surface area is 139 Å². The Morgan fingerprint density at radius 2 is 1.78 bits per heavy atom. The fourth-order valence-corrected chi connectivity index (χ4v) is 6.26. The maximum atomic E-state index is 12.9. The zero-order valence-corrected chi connectivity index (χ0v) is 13.9. The molecule has 1 aromatic rings. The average Bonchev–Trinajstić information content (AvgIpc) is 3.08. The van der Waals surface area contributed by atoms with Crippen LogP contribution in [-0.4, -0.2) is 33.7 Å². The summed E-state index contributed by atoms with van der Waals surface area (Å²) in [5, 5.41) is 0.447. The molecule has 5 heteroatoms. The quantitative estimate of drug-likeness (QED) is 0.798. The van der Waals surface area contributed by atoms with E-state index in [0.29, 0.717) is 13.2 Å². The fraction of sp³-hybridized carbons (Fsp3) is 0.611. The molecule has 3 aliphatic heterocycles. The summed E-state index contributed by atoms with van der Waals surface area (Å²) < 4.78 is 23.3. The molecule has 3 heterocycles. The molecule has 0 saturated carbocycles. The van der Waals surface area contributed by atoms with E-state index in [2.05, 4.69) is 0 Å². The molecule has 124 valence electrons. The smallest absolute Gasteiger partial charge is 0.184 e. The van der Waals surface area contributed by atoms with Crippen molar-refractivity contribution in [2.75, 3.05) is 13.2 Å². The molecule has 2 bridgehead atoms. The second kappa shape index (κ2) is 6.46. The number of ketones is 1. The molecule has 2 atom stereocenters. The largest absolute Gasteiger partial charge is 0.346 e. The van der Waals surface area contributed by atoms with Gasteiger partial charge in [0.1, 0.15) is 0 Å². The van der Waals surface area contributed by atoms with E-state index in [9.17, 15) is 9.00 Å². The van der Waals surface area contributed by atoms with Crippen molar-refractivity contribution in [3.63, 3.8) is 0 Å². The summed E-state index contributed by atoms with van der Waals surface area (Å²) in [5.74, 6) is 0.210. The lowest BCUT2D eigenvalue weighted by molar-refractivity contribution is -0.0441. The summed E-state index contributed by atoms with van der Waals surface area (Å²) in [6.07, 6.45) is 4.40. The standard InChI is InChI=1S/C18H22O4S/c19-17(14-10-15-5-2-6-16(11-14)23(15)20)12-3-1-4-13(9-12)18-21-7-8-22-18/h1,3-4,9,14-16,18H,2,5-8,10-11H2. The van der Waals surface area contributed by atoms with Crippen LogP contribution in [0.3, 0.4) is 0 Å². The summed E-state index contributed by atoms with van der Waals surface area (Å²) in [6.45, 7) is 1.20. The van der Waals surface area contributed by atoms with Crippen LogP contribution in [0.15, 0.2) is 24.3 Å². The van der Waals surface area contributed by atoms with Crippen molar-refractivity contribution in [2.24, 2.45) is 5.92 Å². The predicted octanol–water partition coefficient (Wildman–Crippen LogP) is 2.99. The van der Waals surface area contributed by atoms with Gasteiger partial charge in [-0.3, -0.25) is 9.00 Å². The van der Waals surface area contributed by atoms with Crippen LogP contribution in [-0.2, 0) is 20.3 Å². The predicted molar refractivity (Wildman–Crippen MR) is 87.7 cm³/mol. The van der Waals surface area contributed by atoms with Crippen molar-refractivity contribution < 1.29 is 18.5 Å². The topological polar surface area (TPSA) is 52.6 Å². The highest BCUT2D eigenvalue weighted by Gasteiger charge is 2.40. The first-order chi connectivity index (χ1) is 11.2. The molecule has 1 aromatic carbocycles. The van der Waals surface area contributed by atoms with E-state index in [0.717, 1.165) is 43.2 Å². The molecule has 3 saturated heterocycles. The van der Waals surface area contributed by atoms with Gasteiger partial charge in [0, 0.05) is 38.3 Å². The number of hydrogen-bond acceptors (Lipinski definition) is 4. The summed E-state index contributed by atoms with van der Waals surface area (Å²) in [4.78, 5) is 12.9. The van der Waals surface area contributed by atoms with Crippen LogP contribution in [0.4, 0.5) is 0 Å². The van der Waals surface area contributed by atoms with Crippen LogP contribution in [0.25, 0.3) is 0 Å². The molecule has 0 amide bonds. The van der Waals surface area contributed by atoms with Gasteiger partial charge in [0.25, 0.3) is 0 Å². The number of Topliss-reactive ketones (excluding diaryl/α,β-unsaturated/α-hetero) is 1. The Morgan fingerprint density at radius 1 is 1.09 bits per heavy atom. The van der Waals surface area contributed by atoms with E-state index in [-0.39, 0.29) is 28.5 Å². The molecule has 0 spiro atoms. The van der Waals surface area contributed by atoms with E-state index in [1.165, 1.54) is 0 Å². The minimum absolute atomic E-state index is 0.0173. The van der Waals surface area contributed by atoms with Gasteiger partial charge in [-0.2, -0.15) is 0 Å². The highest BCUT2D eigenvalue weighted by molar-refractivity contribution is 7.86. The van der Waals surface area contributed by atoms with Gasteiger partial charge in [-0.1, -0.05) is 24.6 Å². The molecule has 0 aromatic heterocycles. The molecular formula is C18H22O4S. The zero-order chi connectivity index (χ0) is 15.8. The van der Waals surface area contributed by atoms with Crippen LogP contribution in [0, 0.1) is 5.92 Å². The van der Waals surface area contributed by atoms with Crippen molar-refractivity contribution in [3.05, 3.63) is 35.4 Å². The van der Waals surface area contributed by atoms with Crippen LogP contribution in [0.2, 0.25) is 0 Å². The van der Waals surface area contributed by atoms with E-state index in [4.69, 9.17) is 9.47 Å². The van der Waals surface area contributed by atoms with Gasteiger partial charge in [-0.15, -0.1) is 0 Å². The number of hydrogen-bond donors (Lipinski definition) is 0. The number of benzene rings is 1. The van der Waals surface area contributed by atoms with Crippen LogP contribution >= 0.6 is 0 Å². The zero-order valence-electron chi connectivity index (χ0n) is 13.1. The third-order valence-corrected chi connectivity index (χ3v) is 7.41. The number of fused-ring (bicyclic) bond motifs is 2. The third-order valence-electron chi connectivity index (χ3n) is 5.24. The Hall–Kier alpha value is -1.04. The van der Waals surface area contributed by atoms with Gasteiger partial charge in [0.15, 0.2) is 12.1 Å². The van der Waals surface area contributed by atoms with Crippen molar-refractivity contribution in [2.45, 2.75) is 48.9 Å². The van der Waals surface area contributed by atoms with Gasteiger partial charge in [-0.25, -0.2) is 0 Å². The van der Waals surface area contributed by atoms with Gasteiger partial charge >= 0.3 is 0 Å². The van der Waals surface area contributed by atoms with E-state index in [1.807, 2.05) is 24.3 Å². The summed E-state index contributed by atoms with van der Waals surface area (Å²) in [5.41, 5.74) is 1.64. The molecule has 3 fully saturated rings. The number of ether oxygens (including phenoxy) is 2. The van der Waals surface area contributed by atoms with E-state index >= 15 is 0 Å². The molecule has 4 nitrogen and oxygen atoms in total. The van der Waals surface area contributed by atoms with Crippen molar-refractivity contribution in [1.29, 1.82) is 0 Å². The maximum absolute atomic E-state index is 12.9. The lowest BCUT2D eigenvalue weighted by atomic mass is 9.84. The molecule has 23 heavy (non-hydrogen) atoms. The van der Waals surface area contributed by atoms with Crippen molar-refractivity contribution in [3.8, 4) is 0 Å². The third kappa shape index (κ3) is 3.02. The average molecular weight is 334 g/mol. The summed E-state index contributed by atoms with van der Waals surface area (Å²) >= 11 is 0. The lowest BCUT2D eigenvalue weighted by Gasteiger charge is -2.37. The first kappa shape index (κ1) is 15.5. The number of carbonyl (C=O) groups excluding carboxylic acids is 1. The molecular weight excluding hydrogens is 312 g/mol. The monoisotopic (exact) mass is 334 g/mol. The number of carbonyl (C=O) groups is 1. The Bertz CT molecular complexity index is 607. The minimum Gasteiger partial charge on any atom is -0.346 e. The molecule has 4 rings (SSSR count). The van der Waals surface area contributed by atoms with E-state index < -0.39 is 10.8 Å². The van der Waals surface area contributed by atoms with Crippen LogP contribution in [0.1, 0.15) is 54.3 Å². The van der Waals surface area contributed by atoms with Crippen LogP contribution < -0.4 is 0 Å². The maximum Gasteiger partial charge on any atom is 0.184 e. The van der Waals surface area contributed by atoms with Crippen molar-refractivity contribution >= 4 is 16.6 Å². The molecule has 0 aliphatic carbocycles. The minimum atomic E-state index is -0.728. The molecule has 3 aliphatic rings. The van der Waals surface area contributed by atoms with Crippen LogP contribution in [0.5, 0.6) is 0 Å². The number of rotatable bonds is 3. The SMILES string of the molecule is O=C(c1cccc(C2OCCO2)c1)C1CC2CCCC(C1)S2=O.